The first-order chi connectivity index (χ1) is 15.0. The van der Waals surface area contributed by atoms with Crippen LogP contribution in [0.2, 0.25) is 0 Å². The fourth-order valence-electron chi connectivity index (χ4n) is 7.95. The van der Waals surface area contributed by atoms with E-state index >= 15 is 0 Å². The first-order valence-electron chi connectivity index (χ1n) is 12.0. The van der Waals surface area contributed by atoms with Crippen LogP contribution in [0.25, 0.3) is 5.57 Å². The molecule has 0 aliphatic heterocycles. The van der Waals surface area contributed by atoms with Gasteiger partial charge in [-0.05, 0) is 97.2 Å². The van der Waals surface area contributed by atoms with Crippen LogP contribution in [-0.2, 0) is 6.42 Å². The highest BCUT2D eigenvalue weighted by Gasteiger charge is 2.60. The zero-order valence-electron chi connectivity index (χ0n) is 20.9. The molecule has 5 unspecified atom stereocenters. The van der Waals surface area contributed by atoms with Crippen LogP contribution < -0.4 is 5.32 Å². The van der Waals surface area contributed by atoms with Gasteiger partial charge in [0.05, 0.1) is 0 Å². The van der Waals surface area contributed by atoms with Crippen molar-refractivity contribution in [2.75, 3.05) is 21.1 Å². The van der Waals surface area contributed by atoms with Gasteiger partial charge in [0.25, 0.3) is 0 Å². The maximum absolute atomic E-state index is 4.70. The van der Waals surface area contributed by atoms with Crippen molar-refractivity contribution in [2.45, 2.75) is 52.5 Å². The highest BCUT2D eigenvalue weighted by molar-refractivity contribution is 5.88. The van der Waals surface area contributed by atoms with Gasteiger partial charge in [0, 0.05) is 35.2 Å². The van der Waals surface area contributed by atoms with E-state index in [2.05, 4.69) is 76.8 Å². The summed E-state index contributed by atoms with van der Waals surface area (Å²) in [6, 6.07) is 5.04. The second-order valence-electron chi connectivity index (χ2n) is 11.2. The predicted octanol–water partition coefficient (Wildman–Crippen LogP) is 6.17. The first kappa shape index (κ1) is 21.5. The molecule has 0 radical (unpaired) electrons. The highest BCUT2D eigenvalue weighted by atomic mass is 15.1. The molecule has 0 saturated heterocycles. The van der Waals surface area contributed by atoms with Gasteiger partial charge in [-0.1, -0.05) is 51.8 Å². The lowest BCUT2D eigenvalue weighted by atomic mass is 9.47. The smallest absolute Gasteiger partial charge is 0.0348 e. The normalized spacial score (nSPS) is 35.0. The maximum Gasteiger partial charge on any atom is 0.0348 e. The van der Waals surface area contributed by atoms with E-state index in [-0.39, 0.29) is 10.8 Å². The van der Waals surface area contributed by atoms with Crippen molar-refractivity contribution in [1.29, 1.82) is 0 Å². The van der Waals surface area contributed by atoms with Gasteiger partial charge in [0.15, 0.2) is 0 Å². The molecule has 2 bridgehead atoms. The molecule has 0 fully saturated rings. The van der Waals surface area contributed by atoms with Crippen LogP contribution in [-0.4, -0.2) is 32.1 Å². The van der Waals surface area contributed by atoms with E-state index in [0.717, 1.165) is 12.1 Å². The van der Waals surface area contributed by atoms with Crippen LogP contribution in [0, 0.1) is 23.7 Å². The van der Waals surface area contributed by atoms with E-state index < -0.39 is 0 Å². The Labute approximate surface area is 194 Å². The summed E-state index contributed by atoms with van der Waals surface area (Å²) in [6.07, 6.45) is 4.90. The first-order valence-corrected chi connectivity index (χ1v) is 12.0. The van der Waals surface area contributed by atoms with Crippen LogP contribution in [0.4, 0.5) is 0 Å². The Hall–Kier alpha value is -2.32. The van der Waals surface area contributed by atoms with Crippen molar-refractivity contribution in [3.63, 3.8) is 0 Å². The summed E-state index contributed by atoms with van der Waals surface area (Å²) in [5, 5.41) is 3.31. The number of nitrogens with zero attached hydrogens (tertiary/aromatic N) is 1. The van der Waals surface area contributed by atoms with Gasteiger partial charge in [-0.3, -0.25) is 0 Å². The molecule has 2 heteroatoms. The lowest BCUT2D eigenvalue weighted by Crippen LogP contribution is -2.54. The summed E-state index contributed by atoms with van der Waals surface area (Å²) in [7, 11) is 6.42. The number of aryl methyl sites for hydroxylation is 1. The molecule has 0 amide bonds. The Balaban J connectivity index is 1.78. The van der Waals surface area contributed by atoms with Crippen molar-refractivity contribution < 1.29 is 0 Å². The Morgan fingerprint density at radius 3 is 2.50 bits per heavy atom. The van der Waals surface area contributed by atoms with E-state index in [1.165, 1.54) is 45.4 Å². The van der Waals surface area contributed by atoms with Crippen LogP contribution >= 0.6 is 0 Å². The fraction of sp³-hybridized carbons (Fsp3) is 0.467. The van der Waals surface area contributed by atoms with Crippen molar-refractivity contribution in [3.8, 4) is 0 Å². The lowest BCUT2D eigenvalue weighted by Gasteiger charge is -2.58. The van der Waals surface area contributed by atoms with Gasteiger partial charge < -0.3 is 10.2 Å². The van der Waals surface area contributed by atoms with Gasteiger partial charge in [0.1, 0.15) is 0 Å². The zero-order valence-corrected chi connectivity index (χ0v) is 20.9. The van der Waals surface area contributed by atoms with Crippen molar-refractivity contribution in [3.05, 3.63) is 88.2 Å². The number of allylic oxidation sites excluding steroid dienone is 4. The largest absolute Gasteiger partial charge is 0.388 e. The third-order valence-electron chi connectivity index (χ3n) is 9.60. The van der Waals surface area contributed by atoms with Crippen molar-refractivity contribution >= 4 is 5.57 Å². The summed E-state index contributed by atoms with van der Waals surface area (Å²) < 4.78 is 0. The van der Waals surface area contributed by atoms with Gasteiger partial charge in [0.2, 0.25) is 0 Å². The Kier molecular flexibility index (Phi) is 4.44. The highest BCUT2D eigenvalue weighted by Crippen LogP contribution is 2.69. The fourth-order valence-corrected chi connectivity index (χ4v) is 7.95. The number of hydrogen-bond acceptors (Lipinski definition) is 2. The lowest BCUT2D eigenvalue weighted by molar-refractivity contribution is 0.0821. The topological polar surface area (TPSA) is 15.3 Å². The molecule has 5 atom stereocenters. The number of hydrogen-bond donors (Lipinski definition) is 1. The quantitative estimate of drug-likeness (QED) is 0.622. The van der Waals surface area contributed by atoms with E-state index in [1.807, 2.05) is 7.05 Å². The average Bonchev–Trinajstić information content (AvgIpc) is 2.96. The summed E-state index contributed by atoms with van der Waals surface area (Å²) >= 11 is 0. The number of fused-ring (bicyclic) bond motifs is 1. The SMILES string of the molecule is C=C(NC)C1=C(C)C(N(C)C)C2CC34Cc5ccc(C)c(c5C3C)C(=C)C4=CC2(C)C1=C. The Morgan fingerprint density at radius 2 is 1.88 bits per heavy atom. The van der Waals surface area contributed by atoms with E-state index in [9.17, 15) is 0 Å². The Morgan fingerprint density at radius 1 is 1.19 bits per heavy atom. The van der Waals surface area contributed by atoms with Crippen LogP contribution in [0.1, 0.15) is 55.4 Å². The molecule has 0 saturated carbocycles. The molecule has 168 valence electrons. The number of rotatable bonds is 3. The molecular formula is C30H38N2. The van der Waals surface area contributed by atoms with Crippen LogP contribution in [0.5, 0.6) is 0 Å². The monoisotopic (exact) mass is 426 g/mol. The zero-order chi connectivity index (χ0) is 23.3. The minimum atomic E-state index is -0.131. The molecule has 4 aliphatic rings. The summed E-state index contributed by atoms with van der Waals surface area (Å²) in [5.74, 6) is 0.997. The third kappa shape index (κ3) is 2.34. The van der Waals surface area contributed by atoms with E-state index in [1.54, 1.807) is 11.1 Å². The second-order valence-corrected chi connectivity index (χ2v) is 11.2. The average molecular weight is 427 g/mol. The summed E-state index contributed by atoms with van der Waals surface area (Å²) in [6.45, 7) is 23.2. The molecule has 4 aliphatic carbocycles. The minimum Gasteiger partial charge on any atom is -0.388 e. The van der Waals surface area contributed by atoms with Crippen LogP contribution in [0.15, 0.2) is 65.9 Å². The van der Waals surface area contributed by atoms with Crippen molar-refractivity contribution in [2.24, 2.45) is 16.7 Å². The summed E-state index contributed by atoms with van der Waals surface area (Å²) in [4.78, 5) is 2.42. The molecule has 5 rings (SSSR count). The maximum atomic E-state index is 4.70. The summed E-state index contributed by atoms with van der Waals surface area (Å²) in [5.41, 5.74) is 13.4. The van der Waals surface area contributed by atoms with Gasteiger partial charge in [-0.2, -0.15) is 0 Å². The van der Waals surface area contributed by atoms with E-state index in [4.69, 9.17) is 13.2 Å². The van der Waals surface area contributed by atoms with Crippen molar-refractivity contribution in [1.82, 2.24) is 10.2 Å². The standard InChI is InChI=1S/C30H38N2/c1-16-11-12-22-13-30-15-24-28(32(9)10)18(3)26(21(6)31-8)19(4)29(24,7)14-23(30)17(2)25(16)27(22)20(30)5/h11-12,14,20,24,28,31H,2,4,6,13,15H2,1,3,5,7-10H3. The molecule has 1 spiro atoms. The molecule has 0 aromatic heterocycles. The number of likely N-dealkylation sites (N-methyl/N-ethyl adjacent to an activating group) is 2. The molecule has 1 aromatic carbocycles. The van der Waals surface area contributed by atoms with E-state index in [0.29, 0.717) is 17.9 Å². The molecule has 1 aromatic rings. The number of nitrogens with one attached hydrogen (secondary N) is 1. The molecule has 2 nitrogen and oxygen atoms in total. The van der Waals surface area contributed by atoms with Gasteiger partial charge in [-0.25, -0.2) is 0 Å². The molecular weight excluding hydrogens is 388 g/mol. The number of benzene rings is 1. The third-order valence-corrected chi connectivity index (χ3v) is 9.60. The van der Waals surface area contributed by atoms with Crippen LogP contribution in [0.3, 0.4) is 0 Å². The molecule has 32 heavy (non-hydrogen) atoms. The second kappa shape index (κ2) is 6.60. The molecule has 0 heterocycles. The Bertz CT molecular complexity index is 1160. The van der Waals surface area contributed by atoms with Gasteiger partial charge >= 0.3 is 0 Å². The van der Waals surface area contributed by atoms with Gasteiger partial charge in [-0.15, -0.1) is 0 Å². The predicted molar refractivity (Wildman–Crippen MR) is 137 cm³/mol. The molecule has 1 N–H and O–H groups in total. The minimum absolute atomic E-state index is 0.131.